The normalized spacial score (nSPS) is 10.2. The molecule has 66 valence electrons. The van der Waals surface area contributed by atoms with E-state index in [1.807, 2.05) is 19.2 Å². The van der Waals surface area contributed by atoms with Crippen molar-refractivity contribution in [3.8, 4) is 5.69 Å². The van der Waals surface area contributed by atoms with Gasteiger partial charge in [-0.2, -0.15) is 5.10 Å². The van der Waals surface area contributed by atoms with Crippen molar-refractivity contribution in [1.29, 1.82) is 0 Å². The second-order valence-corrected chi connectivity index (χ2v) is 2.81. The zero-order valence-electron chi connectivity index (χ0n) is 7.19. The third kappa shape index (κ3) is 1.51. The maximum atomic E-state index is 10.8. The second-order valence-electron chi connectivity index (χ2n) is 2.81. The predicted molar refractivity (Wildman–Crippen MR) is 48.9 cm³/mol. The summed E-state index contributed by atoms with van der Waals surface area (Å²) in [6.45, 7) is 1.92. The van der Waals surface area contributed by atoms with Crippen LogP contribution in [0.3, 0.4) is 0 Å². The molecule has 0 fully saturated rings. The van der Waals surface area contributed by atoms with Crippen LogP contribution in [-0.2, 0) is 0 Å². The first-order chi connectivity index (χ1) is 6.25. The summed E-state index contributed by atoms with van der Waals surface area (Å²) in [5, 5.41) is 4.21. The van der Waals surface area contributed by atoms with E-state index in [1.165, 1.54) is 6.07 Å². The SMILES string of the molecule is Cc1ccn(-c2ccc(=O)[nH]c2)n1. The molecule has 2 aromatic heterocycles. The van der Waals surface area contributed by atoms with Gasteiger partial charge in [-0.1, -0.05) is 0 Å². The topological polar surface area (TPSA) is 50.7 Å². The lowest BCUT2D eigenvalue weighted by molar-refractivity contribution is 0.855. The van der Waals surface area contributed by atoms with E-state index >= 15 is 0 Å². The Kier molecular flexibility index (Phi) is 1.73. The van der Waals surface area contributed by atoms with Gasteiger partial charge < -0.3 is 4.98 Å². The molecule has 0 amide bonds. The summed E-state index contributed by atoms with van der Waals surface area (Å²) >= 11 is 0. The molecule has 0 aromatic carbocycles. The van der Waals surface area contributed by atoms with Crippen molar-refractivity contribution >= 4 is 0 Å². The highest BCUT2D eigenvalue weighted by molar-refractivity contribution is 5.26. The largest absolute Gasteiger partial charge is 0.327 e. The Morgan fingerprint density at radius 2 is 2.23 bits per heavy atom. The molecule has 4 heteroatoms. The molecule has 4 nitrogen and oxygen atoms in total. The highest BCUT2D eigenvalue weighted by Gasteiger charge is 1.96. The second kappa shape index (κ2) is 2.90. The molecule has 0 unspecified atom stereocenters. The highest BCUT2D eigenvalue weighted by atomic mass is 16.1. The summed E-state index contributed by atoms with van der Waals surface area (Å²) in [5.41, 5.74) is 1.70. The van der Waals surface area contributed by atoms with E-state index in [9.17, 15) is 4.79 Å². The summed E-state index contributed by atoms with van der Waals surface area (Å²) < 4.78 is 1.71. The van der Waals surface area contributed by atoms with Crippen LogP contribution in [0, 0.1) is 6.92 Å². The first-order valence-electron chi connectivity index (χ1n) is 3.97. The molecule has 0 radical (unpaired) electrons. The third-order valence-corrected chi connectivity index (χ3v) is 1.75. The maximum absolute atomic E-state index is 10.8. The van der Waals surface area contributed by atoms with Crippen molar-refractivity contribution in [2.75, 3.05) is 0 Å². The van der Waals surface area contributed by atoms with Crippen molar-refractivity contribution in [3.63, 3.8) is 0 Å². The van der Waals surface area contributed by atoms with Gasteiger partial charge in [-0.15, -0.1) is 0 Å². The highest BCUT2D eigenvalue weighted by Crippen LogP contribution is 2.02. The number of pyridine rings is 1. The van der Waals surface area contributed by atoms with Crippen LogP contribution in [0.1, 0.15) is 5.69 Å². The predicted octanol–water partition coefficient (Wildman–Crippen LogP) is 0.869. The van der Waals surface area contributed by atoms with E-state index in [0.29, 0.717) is 0 Å². The Morgan fingerprint density at radius 1 is 1.38 bits per heavy atom. The maximum Gasteiger partial charge on any atom is 0.248 e. The van der Waals surface area contributed by atoms with Crippen LogP contribution in [0.2, 0.25) is 0 Å². The summed E-state index contributed by atoms with van der Waals surface area (Å²) in [5.74, 6) is 0. The van der Waals surface area contributed by atoms with Crippen LogP contribution in [-0.4, -0.2) is 14.8 Å². The Bertz CT molecular complexity index is 449. The van der Waals surface area contributed by atoms with Crippen molar-refractivity contribution in [3.05, 3.63) is 46.6 Å². The number of aromatic amines is 1. The number of nitrogens with one attached hydrogen (secondary N) is 1. The molecule has 0 bridgehead atoms. The first-order valence-corrected chi connectivity index (χ1v) is 3.97. The van der Waals surface area contributed by atoms with E-state index in [0.717, 1.165) is 11.4 Å². The van der Waals surface area contributed by atoms with Gasteiger partial charge in [0, 0.05) is 18.5 Å². The molecule has 0 saturated carbocycles. The lowest BCUT2D eigenvalue weighted by Gasteiger charge is -1.98. The van der Waals surface area contributed by atoms with Gasteiger partial charge in [0.2, 0.25) is 5.56 Å². The van der Waals surface area contributed by atoms with Gasteiger partial charge in [0.15, 0.2) is 0 Å². The number of rotatable bonds is 1. The molecule has 0 spiro atoms. The number of H-pyrrole nitrogens is 1. The third-order valence-electron chi connectivity index (χ3n) is 1.75. The minimum absolute atomic E-state index is 0.104. The molecule has 2 rings (SSSR count). The van der Waals surface area contributed by atoms with E-state index in [-0.39, 0.29) is 5.56 Å². The van der Waals surface area contributed by atoms with E-state index < -0.39 is 0 Å². The quantitative estimate of drug-likeness (QED) is 0.699. The fraction of sp³-hybridized carbons (Fsp3) is 0.111. The standard InChI is InChI=1S/C9H9N3O/c1-7-4-5-12(11-7)8-2-3-9(13)10-6-8/h2-6H,1H3,(H,10,13). The van der Waals surface area contributed by atoms with Crippen LogP contribution < -0.4 is 5.56 Å². The molecule has 0 aliphatic carbocycles. The van der Waals surface area contributed by atoms with Crippen LogP contribution >= 0.6 is 0 Å². The van der Waals surface area contributed by atoms with Crippen molar-refractivity contribution in [2.45, 2.75) is 6.92 Å². The molecular weight excluding hydrogens is 166 g/mol. The Hall–Kier alpha value is -1.84. The smallest absolute Gasteiger partial charge is 0.248 e. The Labute approximate surface area is 74.8 Å². The number of hydrogen-bond donors (Lipinski definition) is 1. The van der Waals surface area contributed by atoms with E-state index in [1.54, 1.807) is 16.9 Å². The lowest BCUT2D eigenvalue weighted by atomic mass is 10.4. The van der Waals surface area contributed by atoms with Crippen molar-refractivity contribution in [2.24, 2.45) is 0 Å². The molecule has 0 aliphatic heterocycles. The zero-order chi connectivity index (χ0) is 9.26. The van der Waals surface area contributed by atoms with Gasteiger partial charge in [0.25, 0.3) is 0 Å². The first kappa shape index (κ1) is 7.79. The van der Waals surface area contributed by atoms with E-state index in [4.69, 9.17) is 0 Å². The average molecular weight is 175 g/mol. The van der Waals surface area contributed by atoms with Gasteiger partial charge in [-0.25, -0.2) is 4.68 Å². The number of aromatic nitrogens is 3. The fourth-order valence-electron chi connectivity index (χ4n) is 1.10. The molecule has 2 heterocycles. The Morgan fingerprint density at radius 3 is 2.77 bits per heavy atom. The average Bonchev–Trinajstić information content (AvgIpc) is 2.53. The summed E-state index contributed by atoms with van der Waals surface area (Å²) in [4.78, 5) is 13.4. The van der Waals surface area contributed by atoms with Crippen LogP contribution in [0.15, 0.2) is 35.4 Å². The number of hydrogen-bond acceptors (Lipinski definition) is 2. The molecule has 1 N–H and O–H groups in total. The zero-order valence-corrected chi connectivity index (χ0v) is 7.19. The minimum Gasteiger partial charge on any atom is -0.327 e. The van der Waals surface area contributed by atoms with Crippen LogP contribution in [0.5, 0.6) is 0 Å². The number of aryl methyl sites for hydroxylation is 1. The summed E-state index contributed by atoms with van der Waals surface area (Å²) in [7, 11) is 0. The minimum atomic E-state index is -0.104. The van der Waals surface area contributed by atoms with Gasteiger partial charge >= 0.3 is 0 Å². The Balaban J connectivity index is 2.47. The number of nitrogens with zero attached hydrogens (tertiary/aromatic N) is 2. The van der Waals surface area contributed by atoms with Crippen LogP contribution in [0.4, 0.5) is 0 Å². The van der Waals surface area contributed by atoms with Crippen molar-refractivity contribution < 1.29 is 0 Å². The van der Waals surface area contributed by atoms with Gasteiger partial charge in [0.05, 0.1) is 11.4 Å². The molecule has 13 heavy (non-hydrogen) atoms. The van der Waals surface area contributed by atoms with E-state index in [2.05, 4.69) is 10.1 Å². The van der Waals surface area contributed by atoms with Gasteiger partial charge in [-0.3, -0.25) is 4.79 Å². The molecule has 2 aromatic rings. The van der Waals surface area contributed by atoms with Crippen LogP contribution in [0.25, 0.3) is 5.69 Å². The van der Waals surface area contributed by atoms with Gasteiger partial charge in [-0.05, 0) is 19.1 Å². The monoisotopic (exact) mass is 175 g/mol. The lowest BCUT2D eigenvalue weighted by Crippen LogP contribution is -2.04. The molecule has 0 saturated heterocycles. The summed E-state index contributed by atoms with van der Waals surface area (Å²) in [6, 6.07) is 5.11. The summed E-state index contributed by atoms with van der Waals surface area (Å²) in [6.07, 6.45) is 3.48. The molecular formula is C9H9N3O. The van der Waals surface area contributed by atoms with Crippen molar-refractivity contribution in [1.82, 2.24) is 14.8 Å². The van der Waals surface area contributed by atoms with Gasteiger partial charge in [0.1, 0.15) is 0 Å². The molecule has 0 aliphatic rings. The molecule has 0 atom stereocenters. The fourth-order valence-corrected chi connectivity index (χ4v) is 1.10.